The van der Waals surface area contributed by atoms with Crippen molar-refractivity contribution < 1.29 is 5.21 Å². The average Bonchev–Trinajstić information content (AvgIpc) is 2.69. The summed E-state index contributed by atoms with van der Waals surface area (Å²) in [7, 11) is 1.89. The standard InChI is InChI=1S/C11H21N5O/c1-11(2,10(12)15-17)4-5-13-6-9-7-14-16(3)8-9/h7-8,13,17H,4-6H2,1-3H3,(H2,12,15). The second kappa shape index (κ2) is 5.67. The third-order valence-electron chi connectivity index (χ3n) is 2.82. The van der Waals surface area contributed by atoms with E-state index in [9.17, 15) is 0 Å². The molecule has 0 aromatic carbocycles. The summed E-state index contributed by atoms with van der Waals surface area (Å²) in [6.45, 7) is 5.49. The van der Waals surface area contributed by atoms with E-state index in [1.54, 1.807) is 4.68 Å². The largest absolute Gasteiger partial charge is 0.409 e. The molecule has 1 rings (SSSR count). The Morgan fingerprint density at radius 2 is 2.35 bits per heavy atom. The molecule has 0 saturated heterocycles. The van der Waals surface area contributed by atoms with Gasteiger partial charge in [-0.05, 0) is 13.0 Å². The van der Waals surface area contributed by atoms with Crippen molar-refractivity contribution in [2.75, 3.05) is 6.54 Å². The molecular weight excluding hydrogens is 218 g/mol. The average molecular weight is 239 g/mol. The van der Waals surface area contributed by atoms with Gasteiger partial charge in [-0.3, -0.25) is 4.68 Å². The zero-order chi connectivity index (χ0) is 12.9. The van der Waals surface area contributed by atoms with Gasteiger partial charge in [0.05, 0.1) is 6.20 Å². The van der Waals surface area contributed by atoms with Crippen molar-refractivity contribution in [3.05, 3.63) is 18.0 Å². The van der Waals surface area contributed by atoms with E-state index in [1.165, 1.54) is 0 Å². The summed E-state index contributed by atoms with van der Waals surface area (Å²) in [6.07, 6.45) is 4.62. The topological polar surface area (TPSA) is 88.5 Å². The van der Waals surface area contributed by atoms with Crippen LogP contribution in [0.4, 0.5) is 0 Å². The third kappa shape index (κ3) is 4.07. The van der Waals surface area contributed by atoms with Crippen LogP contribution in [0.15, 0.2) is 17.5 Å². The van der Waals surface area contributed by atoms with Gasteiger partial charge in [-0.15, -0.1) is 0 Å². The minimum atomic E-state index is -0.295. The quantitative estimate of drug-likeness (QED) is 0.224. The Hall–Kier alpha value is -1.56. The van der Waals surface area contributed by atoms with E-state index in [0.717, 1.165) is 25.1 Å². The Morgan fingerprint density at radius 1 is 1.65 bits per heavy atom. The number of aromatic nitrogens is 2. The highest BCUT2D eigenvalue weighted by atomic mass is 16.4. The van der Waals surface area contributed by atoms with Crippen LogP contribution in [0.25, 0.3) is 0 Å². The molecule has 0 bridgehead atoms. The number of rotatable bonds is 6. The Labute approximate surface area is 101 Å². The molecule has 0 amide bonds. The van der Waals surface area contributed by atoms with Crippen molar-refractivity contribution in [2.24, 2.45) is 23.4 Å². The second-order valence-electron chi connectivity index (χ2n) is 4.82. The van der Waals surface area contributed by atoms with Crippen molar-refractivity contribution >= 4 is 5.84 Å². The van der Waals surface area contributed by atoms with Crippen molar-refractivity contribution in [3.63, 3.8) is 0 Å². The molecular formula is C11H21N5O. The van der Waals surface area contributed by atoms with Crippen LogP contribution >= 0.6 is 0 Å². The fourth-order valence-electron chi connectivity index (χ4n) is 1.46. The smallest absolute Gasteiger partial charge is 0.144 e. The van der Waals surface area contributed by atoms with Crippen molar-refractivity contribution in [2.45, 2.75) is 26.8 Å². The molecule has 0 aliphatic carbocycles. The van der Waals surface area contributed by atoms with Crippen LogP contribution < -0.4 is 11.1 Å². The first kappa shape index (κ1) is 13.5. The van der Waals surface area contributed by atoms with E-state index >= 15 is 0 Å². The first-order chi connectivity index (χ1) is 7.95. The molecule has 4 N–H and O–H groups in total. The molecule has 6 nitrogen and oxygen atoms in total. The van der Waals surface area contributed by atoms with E-state index < -0.39 is 0 Å². The lowest BCUT2D eigenvalue weighted by Gasteiger charge is -2.22. The molecule has 1 aromatic rings. The van der Waals surface area contributed by atoms with Crippen LogP contribution in [0, 0.1) is 5.41 Å². The molecule has 0 aliphatic rings. The molecule has 17 heavy (non-hydrogen) atoms. The highest BCUT2D eigenvalue weighted by Gasteiger charge is 2.22. The number of hydrogen-bond donors (Lipinski definition) is 3. The van der Waals surface area contributed by atoms with Crippen LogP contribution in [0.2, 0.25) is 0 Å². The number of nitrogens with zero attached hydrogens (tertiary/aromatic N) is 3. The van der Waals surface area contributed by atoms with Gasteiger partial charge in [0.25, 0.3) is 0 Å². The molecule has 0 unspecified atom stereocenters. The lowest BCUT2D eigenvalue weighted by Crippen LogP contribution is -2.34. The van der Waals surface area contributed by atoms with Crippen LogP contribution in [-0.2, 0) is 13.6 Å². The molecule has 6 heteroatoms. The van der Waals surface area contributed by atoms with Gasteiger partial charge in [-0.1, -0.05) is 19.0 Å². The molecule has 1 heterocycles. The van der Waals surface area contributed by atoms with Gasteiger partial charge < -0.3 is 16.3 Å². The summed E-state index contributed by atoms with van der Waals surface area (Å²) in [6, 6.07) is 0. The zero-order valence-electron chi connectivity index (χ0n) is 10.6. The Morgan fingerprint density at radius 3 is 2.88 bits per heavy atom. The van der Waals surface area contributed by atoms with Gasteiger partial charge >= 0.3 is 0 Å². The summed E-state index contributed by atoms with van der Waals surface area (Å²) >= 11 is 0. The van der Waals surface area contributed by atoms with Gasteiger partial charge in [0, 0.05) is 30.8 Å². The SMILES string of the molecule is Cn1cc(CNCCC(C)(C)C(N)=NO)cn1. The van der Waals surface area contributed by atoms with Crippen molar-refractivity contribution in [1.29, 1.82) is 0 Å². The molecule has 96 valence electrons. The molecule has 0 atom stereocenters. The monoisotopic (exact) mass is 239 g/mol. The second-order valence-corrected chi connectivity index (χ2v) is 4.82. The Kier molecular flexibility index (Phi) is 4.51. The maximum Gasteiger partial charge on any atom is 0.144 e. The number of hydrogen-bond acceptors (Lipinski definition) is 4. The minimum Gasteiger partial charge on any atom is -0.409 e. The normalized spacial score (nSPS) is 13.0. The molecule has 0 spiro atoms. The maximum atomic E-state index is 8.64. The van der Waals surface area contributed by atoms with Crippen LogP contribution in [0.1, 0.15) is 25.8 Å². The Balaban J connectivity index is 2.29. The maximum absolute atomic E-state index is 8.64. The van der Waals surface area contributed by atoms with Crippen LogP contribution in [0.5, 0.6) is 0 Å². The summed E-state index contributed by atoms with van der Waals surface area (Å²) in [5.41, 5.74) is 6.46. The first-order valence-corrected chi connectivity index (χ1v) is 5.62. The van der Waals surface area contributed by atoms with E-state index in [0.29, 0.717) is 0 Å². The van der Waals surface area contributed by atoms with E-state index in [-0.39, 0.29) is 11.3 Å². The van der Waals surface area contributed by atoms with Gasteiger partial charge in [-0.2, -0.15) is 5.10 Å². The number of aryl methyl sites for hydroxylation is 1. The van der Waals surface area contributed by atoms with E-state index in [4.69, 9.17) is 10.9 Å². The van der Waals surface area contributed by atoms with Gasteiger partial charge in [0.1, 0.15) is 5.84 Å². The Bertz CT molecular complexity index is 383. The molecule has 0 radical (unpaired) electrons. The first-order valence-electron chi connectivity index (χ1n) is 5.62. The minimum absolute atomic E-state index is 0.265. The molecule has 0 aliphatic heterocycles. The van der Waals surface area contributed by atoms with E-state index in [2.05, 4.69) is 15.6 Å². The highest BCUT2D eigenvalue weighted by Crippen LogP contribution is 2.19. The number of oxime groups is 1. The summed E-state index contributed by atoms with van der Waals surface area (Å²) in [4.78, 5) is 0. The predicted molar refractivity (Wildman–Crippen MR) is 66.7 cm³/mol. The molecule has 0 fully saturated rings. The lowest BCUT2D eigenvalue weighted by molar-refractivity contribution is 0.305. The third-order valence-corrected chi connectivity index (χ3v) is 2.82. The fourth-order valence-corrected chi connectivity index (χ4v) is 1.46. The van der Waals surface area contributed by atoms with Gasteiger partial charge in [-0.25, -0.2) is 0 Å². The zero-order valence-corrected chi connectivity index (χ0v) is 10.6. The highest BCUT2D eigenvalue weighted by molar-refractivity contribution is 5.85. The number of nitrogens with one attached hydrogen (secondary N) is 1. The van der Waals surface area contributed by atoms with Gasteiger partial charge in [0.2, 0.25) is 0 Å². The fraction of sp³-hybridized carbons (Fsp3) is 0.636. The number of nitrogens with two attached hydrogens (primary N) is 1. The number of amidine groups is 1. The van der Waals surface area contributed by atoms with Crippen molar-refractivity contribution in [1.82, 2.24) is 15.1 Å². The summed E-state index contributed by atoms with van der Waals surface area (Å²) < 4.78 is 1.78. The predicted octanol–water partition coefficient (Wildman–Crippen LogP) is 0.672. The van der Waals surface area contributed by atoms with Gasteiger partial charge in [0.15, 0.2) is 0 Å². The van der Waals surface area contributed by atoms with Crippen LogP contribution in [0.3, 0.4) is 0 Å². The van der Waals surface area contributed by atoms with Crippen molar-refractivity contribution in [3.8, 4) is 0 Å². The van der Waals surface area contributed by atoms with E-state index in [1.807, 2.05) is 33.3 Å². The summed E-state index contributed by atoms with van der Waals surface area (Å²) in [5, 5.41) is 19.1. The summed E-state index contributed by atoms with van der Waals surface area (Å²) in [5.74, 6) is 0.265. The molecule has 1 aromatic heterocycles. The van der Waals surface area contributed by atoms with Crippen LogP contribution in [-0.4, -0.2) is 27.4 Å². The molecule has 0 saturated carbocycles. The lowest BCUT2D eigenvalue weighted by atomic mass is 9.88.